The molecule has 96 valence electrons. The molecule has 0 aliphatic carbocycles. The van der Waals surface area contributed by atoms with Gasteiger partial charge in [-0.2, -0.15) is 0 Å². The number of hydrogen-bond acceptors (Lipinski definition) is 2. The van der Waals surface area contributed by atoms with E-state index in [2.05, 4.69) is 17.2 Å². The molecule has 2 N–H and O–H groups in total. The van der Waals surface area contributed by atoms with Crippen LogP contribution in [0.2, 0.25) is 0 Å². The molecule has 0 saturated heterocycles. The van der Waals surface area contributed by atoms with Crippen LogP contribution in [0.4, 0.5) is 0 Å². The summed E-state index contributed by atoms with van der Waals surface area (Å²) >= 11 is 0. The molecule has 0 fully saturated rings. The van der Waals surface area contributed by atoms with Crippen LogP contribution in [0.5, 0.6) is 0 Å². The fourth-order valence-corrected chi connectivity index (χ4v) is 1.48. The third-order valence-electron chi connectivity index (χ3n) is 2.39. The van der Waals surface area contributed by atoms with Gasteiger partial charge in [-0.15, -0.1) is 0 Å². The summed E-state index contributed by atoms with van der Waals surface area (Å²) < 4.78 is 0. The Labute approximate surface area is 108 Å². The predicted molar refractivity (Wildman–Crippen MR) is 72.3 cm³/mol. The second kappa shape index (κ2) is 6.83. The first-order valence-corrected chi connectivity index (χ1v) is 6.03. The average Bonchev–Trinajstić information content (AvgIpc) is 2.34. The van der Waals surface area contributed by atoms with Crippen molar-refractivity contribution in [2.24, 2.45) is 5.92 Å². The molecule has 0 aromatic heterocycles. The number of benzene rings is 1. The number of aliphatic hydroxyl groups excluding tert-OH is 1. The van der Waals surface area contributed by atoms with Crippen molar-refractivity contribution >= 4 is 5.91 Å². The van der Waals surface area contributed by atoms with Crippen LogP contribution in [0.15, 0.2) is 18.2 Å². The normalized spacial score (nSPS) is 9.83. The first-order valence-electron chi connectivity index (χ1n) is 6.03. The molecule has 0 bridgehead atoms. The smallest absolute Gasteiger partial charge is 0.252 e. The van der Waals surface area contributed by atoms with E-state index in [0.717, 1.165) is 5.56 Å². The largest absolute Gasteiger partial charge is 0.384 e. The van der Waals surface area contributed by atoms with Gasteiger partial charge in [-0.05, 0) is 25.0 Å². The monoisotopic (exact) mass is 245 g/mol. The topological polar surface area (TPSA) is 49.3 Å². The quantitative estimate of drug-likeness (QED) is 0.797. The number of amides is 1. The first-order chi connectivity index (χ1) is 8.54. The Kier molecular flexibility index (Phi) is 5.41. The first kappa shape index (κ1) is 14.3. The maximum atomic E-state index is 12.0. The molecule has 3 heteroatoms. The van der Waals surface area contributed by atoms with E-state index in [1.165, 1.54) is 0 Å². The number of hydrogen-bond donors (Lipinski definition) is 2. The molecule has 0 atom stereocenters. The Morgan fingerprint density at radius 3 is 2.78 bits per heavy atom. The summed E-state index contributed by atoms with van der Waals surface area (Å²) in [5.41, 5.74) is 2.23. The van der Waals surface area contributed by atoms with Crippen molar-refractivity contribution in [2.75, 3.05) is 13.2 Å². The molecule has 0 spiro atoms. The standard InChI is InChI=1S/C15H19NO2/c1-11(2)10-16-15(18)14-9-12(3)6-7-13(14)5-4-8-17/h6-7,9,11,17H,8,10H2,1-3H3,(H,16,18). The van der Waals surface area contributed by atoms with E-state index in [-0.39, 0.29) is 12.5 Å². The molecule has 0 radical (unpaired) electrons. The maximum Gasteiger partial charge on any atom is 0.252 e. The summed E-state index contributed by atoms with van der Waals surface area (Å²) in [7, 11) is 0. The third kappa shape index (κ3) is 4.23. The van der Waals surface area contributed by atoms with Crippen molar-refractivity contribution < 1.29 is 9.90 Å². The summed E-state index contributed by atoms with van der Waals surface area (Å²) in [5, 5.41) is 11.6. The van der Waals surface area contributed by atoms with Crippen LogP contribution in [0.25, 0.3) is 0 Å². The Morgan fingerprint density at radius 1 is 1.44 bits per heavy atom. The number of aryl methyl sites for hydroxylation is 1. The molecule has 0 heterocycles. The number of nitrogens with one attached hydrogen (secondary N) is 1. The lowest BCUT2D eigenvalue weighted by molar-refractivity contribution is 0.0948. The Morgan fingerprint density at radius 2 is 2.17 bits per heavy atom. The minimum absolute atomic E-state index is 0.116. The van der Waals surface area contributed by atoms with E-state index in [0.29, 0.717) is 23.6 Å². The fraction of sp³-hybridized carbons (Fsp3) is 0.400. The molecule has 3 nitrogen and oxygen atoms in total. The number of carbonyl (C=O) groups excluding carboxylic acids is 1. The van der Waals surface area contributed by atoms with E-state index in [9.17, 15) is 4.79 Å². The molecular formula is C15H19NO2. The molecule has 1 rings (SSSR count). The van der Waals surface area contributed by atoms with Crippen molar-refractivity contribution in [3.63, 3.8) is 0 Å². The van der Waals surface area contributed by atoms with Crippen LogP contribution in [0, 0.1) is 24.7 Å². The van der Waals surface area contributed by atoms with Gasteiger partial charge in [0.05, 0.1) is 5.56 Å². The Bertz CT molecular complexity index is 481. The fourth-order valence-electron chi connectivity index (χ4n) is 1.48. The molecule has 0 unspecified atom stereocenters. The molecule has 1 aromatic rings. The third-order valence-corrected chi connectivity index (χ3v) is 2.39. The van der Waals surface area contributed by atoms with Gasteiger partial charge in [0.25, 0.3) is 5.91 Å². The second-order valence-electron chi connectivity index (χ2n) is 4.61. The minimum Gasteiger partial charge on any atom is -0.384 e. The van der Waals surface area contributed by atoms with Crippen LogP contribution in [-0.4, -0.2) is 24.2 Å². The van der Waals surface area contributed by atoms with Gasteiger partial charge in [0.15, 0.2) is 0 Å². The lowest BCUT2D eigenvalue weighted by Crippen LogP contribution is -2.28. The zero-order valence-electron chi connectivity index (χ0n) is 11.1. The van der Waals surface area contributed by atoms with E-state index in [1.54, 1.807) is 0 Å². The Hall–Kier alpha value is -1.79. The van der Waals surface area contributed by atoms with Crippen molar-refractivity contribution in [1.29, 1.82) is 0 Å². The van der Waals surface area contributed by atoms with Crippen molar-refractivity contribution in [1.82, 2.24) is 5.32 Å². The summed E-state index contributed by atoms with van der Waals surface area (Å²) in [5.74, 6) is 5.66. The zero-order valence-corrected chi connectivity index (χ0v) is 11.1. The number of aliphatic hydroxyl groups is 1. The van der Waals surface area contributed by atoms with Crippen molar-refractivity contribution in [3.8, 4) is 11.8 Å². The van der Waals surface area contributed by atoms with Gasteiger partial charge in [-0.3, -0.25) is 4.79 Å². The summed E-state index contributed by atoms with van der Waals surface area (Å²) in [6.07, 6.45) is 0. The molecule has 1 amide bonds. The van der Waals surface area contributed by atoms with Crippen LogP contribution in [0.3, 0.4) is 0 Å². The highest BCUT2D eigenvalue weighted by atomic mass is 16.2. The van der Waals surface area contributed by atoms with Gasteiger partial charge in [0.2, 0.25) is 0 Å². The van der Waals surface area contributed by atoms with Gasteiger partial charge in [-0.1, -0.05) is 37.3 Å². The van der Waals surface area contributed by atoms with Crippen LogP contribution >= 0.6 is 0 Å². The van der Waals surface area contributed by atoms with Gasteiger partial charge in [0.1, 0.15) is 6.61 Å². The lowest BCUT2D eigenvalue weighted by Gasteiger charge is -2.09. The maximum absolute atomic E-state index is 12.0. The van der Waals surface area contributed by atoms with Crippen molar-refractivity contribution in [3.05, 3.63) is 34.9 Å². The lowest BCUT2D eigenvalue weighted by atomic mass is 10.0. The highest BCUT2D eigenvalue weighted by molar-refractivity contribution is 5.96. The second-order valence-corrected chi connectivity index (χ2v) is 4.61. The van der Waals surface area contributed by atoms with Gasteiger partial charge < -0.3 is 10.4 Å². The summed E-state index contributed by atoms with van der Waals surface area (Å²) in [4.78, 5) is 12.0. The average molecular weight is 245 g/mol. The SMILES string of the molecule is Cc1ccc(C#CCO)c(C(=O)NCC(C)C)c1. The van der Waals surface area contributed by atoms with Crippen molar-refractivity contribution in [2.45, 2.75) is 20.8 Å². The molecule has 1 aromatic carbocycles. The highest BCUT2D eigenvalue weighted by Gasteiger charge is 2.10. The van der Waals surface area contributed by atoms with Crippen LogP contribution in [-0.2, 0) is 0 Å². The van der Waals surface area contributed by atoms with Crippen LogP contribution in [0.1, 0.15) is 35.3 Å². The predicted octanol–water partition coefficient (Wildman–Crippen LogP) is 1.72. The van der Waals surface area contributed by atoms with E-state index < -0.39 is 0 Å². The van der Waals surface area contributed by atoms with E-state index in [1.807, 2.05) is 39.0 Å². The molecule has 0 saturated carbocycles. The number of carbonyl (C=O) groups is 1. The summed E-state index contributed by atoms with van der Waals surface area (Å²) in [6.45, 7) is 6.45. The minimum atomic E-state index is -0.207. The van der Waals surface area contributed by atoms with Gasteiger partial charge >= 0.3 is 0 Å². The van der Waals surface area contributed by atoms with E-state index in [4.69, 9.17) is 5.11 Å². The highest BCUT2D eigenvalue weighted by Crippen LogP contribution is 2.11. The Balaban J connectivity index is 2.97. The molecule has 18 heavy (non-hydrogen) atoms. The van der Waals surface area contributed by atoms with Gasteiger partial charge in [-0.25, -0.2) is 0 Å². The van der Waals surface area contributed by atoms with Crippen LogP contribution < -0.4 is 5.32 Å². The molecular weight excluding hydrogens is 226 g/mol. The number of rotatable bonds is 3. The molecule has 0 aliphatic rings. The van der Waals surface area contributed by atoms with Gasteiger partial charge in [0, 0.05) is 12.1 Å². The molecule has 0 aliphatic heterocycles. The zero-order chi connectivity index (χ0) is 13.5. The van der Waals surface area contributed by atoms with E-state index >= 15 is 0 Å². The summed E-state index contributed by atoms with van der Waals surface area (Å²) in [6, 6.07) is 5.53.